The van der Waals surface area contributed by atoms with Gasteiger partial charge in [-0.15, -0.1) is 0 Å². The van der Waals surface area contributed by atoms with Gasteiger partial charge >= 0.3 is 0 Å². The zero-order valence-electron chi connectivity index (χ0n) is 11.2. The molecule has 0 radical (unpaired) electrons. The minimum Gasteiger partial charge on any atom is -0.485 e. The van der Waals surface area contributed by atoms with E-state index in [0.717, 1.165) is 11.8 Å². The molecule has 2 nitrogen and oxygen atoms in total. The van der Waals surface area contributed by atoms with Crippen molar-refractivity contribution in [1.82, 2.24) is 4.98 Å². The number of aromatic amines is 1. The molecule has 0 aliphatic rings. The standard InChI is InChI=1S/C14H17F2NO/c1-7-8(2)17-13-9(15)6-10(12(16)11(7)13)18-14(3,4)5/h6,17H,1-5H3. The van der Waals surface area contributed by atoms with E-state index in [1.807, 2.05) is 0 Å². The summed E-state index contributed by atoms with van der Waals surface area (Å²) in [6.45, 7) is 8.94. The van der Waals surface area contributed by atoms with Crippen molar-refractivity contribution in [1.29, 1.82) is 0 Å². The van der Waals surface area contributed by atoms with Gasteiger partial charge in [-0.2, -0.15) is 0 Å². The Balaban J connectivity index is 2.71. The summed E-state index contributed by atoms with van der Waals surface area (Å²) in [6.07, 6.45) is 0. The van der Waals surface area contributed by atoms with Crippen LogP contribution < -0.4 is 4.74 Å². The van der Waals surface area contributed by atoms with Crippen molar-refractivity contribution in [2.75, 3.05) is 0 Å². The van der Waals surface area contributed by atoms with Crippen LogP contribution in [-0.4, -0.2) is 10.6 Å². The highest BCUT2D eigenvalue weighted by Gasteiger charge is 2.21. The number of halogens is 2. The number of aryl methyl sites for hydroxylation is 2. The first-order valence-electron chi connectivity index (χ1n) is 5.86. The summed E-state index contributed by atoms with van der Waals surface area (Å²) in [6, 6.07) is 1.10. The highest BCUT2D eigenvalue weighted by Crippen LogP contribution is 2.33. The smallest absolute Gasteiger partial charge is 0.174 e. The quantitative estimate of drug-likeness (QED) is 0.807. The van der Waals surface area contributed by atoms with Crippen LogP contribution in [0.25, 0.3) is 10.9 Å². The average Bonchev–Trinajstić information content (AvgIpc) is 2.51. The molecule has 0 saturated carbocycles. The number of benzene rings is 1. The molecule has 0 amide bonds. The van der Waals surface area contributed by atoms with Crippen LogP contribution in [0.2, 0.25) is 0 Å². The lowest BCUT2D eigenvalue weighted by Gasteiger charge is -2.21. The molecule has 1 aromatic carbocycles. The first-order chi connectivity index (χ1) is 8.20. The lowest BCUT2D eigenvalue weighted by atomic mass is 10.1. The molecule has 0 spiro atoms. The zero-order chi connectivity index (χ0) is 13.7. The van der Waals surface area contributed by atoms with Gasteiger partial charge < -0.3 is 9.72 Å². The van der Waals surface area contributed by atoms with Gasteiger partial charge in [0.2, 0.25) is 0 Å². The summed E-state index contributed by atoms with van der Waals surface area (Å²) in [5.41, 5.74) is 1.10. The molecule has 0 bridgehead atoms. The lowest BCUT2D eigenvalue weighted by molar-refractivity contribution is 0.124. The van der Waals surface area contributed by atoms with Crippen LogP contribution in [0, 0.1) is 25.5 Å². The topological polar surface area (TPSA) is 25.0 Å². The van der Waals surface area contributed by atoms with Crippen molar-refractivity contribution >= 4 is 10.9 Å². The highest BCUT2D eigenvalue weighted by molar-refractivity contribution is 5.87. The first kappa shape index (κ1) is 12.9. The van der Waals surface area contributed by atoms with Crippen LogP contribution in [0.3, 0.4) is 0 Å². The number of H-pyrrole nitrogens is 1. The minimum atomic E-state index is -0.569. The number of hydrogen-bond acceptors (Lipinski definition) is 1. The van der Waals surface area contributed by atoms with E-state index < -0.39 is 17.2 Å². The van der Waals surface area contributed by atoms with E-state index in [9.17, 15) is 8.78 Å². The molecule has 18 heavy (non-hydrogen) atoms. The third kappa shape index (κ3) is 2.07. The number of fused-ring (bicyclic) bond motifs is 1. The first-order valence-corrected chi connectivity index (χ1v) is 5.86. The summed E-state index contributed by atoms with van der Waals surface area (Å²) >= 11 is 0. The molecule has 2 aromatic rings. The predicted molar refractivity (Wildman–Crippen MR) is 68.1 cm³/mol. The largest absolute Gasteiger partial charge is 0.485 e. The SMILES string of the molecule is Cc1[nH]c2c(F)cc(OC(C)(C)C)c(F)c2c1C. The van der Waals surface area contributed by atoms with Gasteiger partial charge in [-0.1, -0.05) is 0 Å². The summed E-state index contributed by atoms with van der Waals surface area (Å²) in [7, 11) is 0. The molecule has 0 aliphatic carbocycles. The number of rotatable bonds is 1. The maximum atomic E-state index is 14.3. The van der Waals surface area contributed by atoms with Crippen molar-refractivity contribution in [2.24, 2.45) is 0 Å². The Morgan fingerprint density at radius 2 is 1.78 bits per heavy atom. The van der Waals surface area contributed by atoms with Gasteiger partial charge in [-0.05, 0) is 40.2 Å². The van der Waals surface area contributed by atoms with Gasteiger partial charge in [0.15, 0.2) is 17.4 Å². The van der Waals surface area contributed by atoms with Crippen LogP contribution in [-0.2, 0) is 0 Å². The van der Waals surface area contributed by atoms with Crippen molar-refractivity contribution in [3.63, 3.8) is 0 Å². The van der Waals surface area contributed by atoms with Gasteiger partial charge in [-0.3, -0.25) is 0 Å². The number of ether oxygens (including phenoxy) is 1. The Labute approximate surface area is 105 Å². The number of nitrogens with one attached hydrogen (secondary N) is 1. The van der Waals surface area contributed by atoms with Gasteiger partial charge in [-0.25, -0.2) is 8.78 Å². The van der Waals surface area contributed by atoms with E-state index >= 15 is 0 Å². The summed E-state index contributed by atoms with van der Waals surface area (Å²) in [5.74, 6) is -1.06. The predicted octanol–water partition coefficient (Wildman–Crippen LogP) is 4.24. The van der Waals surface area contributed by atoms with Crippen LogP contribution in [0.5, 0.6) is 5.75 Å². The molecule has 1 heterocycles. The van der Waals surface area contributed by atoms with Crippen LogP contribution in [0.4, 0.5) is 8.78 Å². The van der Waals surface area contributed by atoms with E-state index in [2.05, 4.69) is 4.98 Å². The minimum absolute atomic E-state index is 0.0467. The normalized spacial score (nSPS) is 12.2. The molecule has 0 unspecified atom stereocenters. The Hall–Kier alpha value is -1.58. The number of hydrogen-bond donors (Lipinski definition) is 1. The van der Waals surface area contributed by atoms with Crippen molar-refractivity contribution in [2.45, 2.75) is 40.2 Å². The van der Waals surface area contributed by atoms with Crippen molar-refractivity contribution < 1.29 is 13.5 Å². The second-order valence-electron chi connectivity index (χ2n) is 5.51. The molecule has 0 aliphatic heterocycles. The molecule has 1 N–H and O–H groups in total. The third-order valence-electron chi connectivity index (χ3n) is 2.85. The maximum absolute atomic E-state index is 14.3. The third-order valence-corrected chi connectivity index (χ3v) is 2.85. The van der Waals surface area contributed by atoms with Crippen molar-refractivity contribution in [3.8, 4) is 5.75 Å². The van der Waals surface area contributed by atoms with Crippen LogP contribution in [0.15, 0.2) is 6.07 Å². The zero-order valence-corrected chi connectivity index (χ0v) is 11.2. The van der Waals surface area contributed by atoms with E-state index in [-0.39, 0.29) is 16.7 Å². The molecular weight excluding hydrogens is 236 g/mol. The molecule has 2 rings (SSSR count). The Morgan fingerprint density at radius 3 is 2.33 bits per heavy atom. The summed E-state index contributed by atoms with van der Waals surface area (Å²) in [4.78, 5) is 2.86. The van der Waals surface area contributed by atoms with Gasteiger partial charge in [0.05, 0.1) is 5.52 Å². The molecule has 0 fully saturated rings. The average molecular weight is 253 g/mol. The molecule has 0 saturated heterocycles. The highest BCUT2D eigenvalue weighted by atomic mass is 19.1. The second-order valence-corrected chi connectivity index (χ2v) is 5.51. The summed E-state index contributed by atoms with van der Waals surface area (Å²) in [5, 5.41) is 0.270. The van der Waals surface area contributed by atoms with Crippen molar-refractivity contribution in [3.05, 3.63) is 29.0 Å². The summed E-state index contributed by atoms with van der Waals surface area (Å²) < 4.78 is 33.7. The lowest BCUT2D eigenvalue weighted by Crippen LogP contribution is -2.23. The van der Waals surface area contributed by atoms with Gasteiger partial charge in [0.1, 0.15) is 5.60 Å². The van der Waals surface area contributed by atoms with E-state index in [1.165, 1.54) is 0 Å². The Morgan fingerprint density at radius 1 is 1.17 bits per heavy atom. The van der Waals surface area contributed by atoms with Crippen LogP contribution >= 0.6 is 0 Å². The van der Waals surface area contributed by atoms with Gasteiger partial charge in [0.25, 0.3) is 0 Å². The Bertz CT molecular complexity index is 609. The molecular formula is C14H17F2NO. The molecule has 0 atom stereocenters. The number of aromatic nitrogens is 1. The molecule has 98 valence electrons. The fourth-order valence-corrected chi connectivity index (χ4v) is 1.95. The molecule has 1 aromatic heterocycles. The maximum Gasteiger partial charge on any atom is 0.174 e. The second kappa shape index (κ2) is 3.97. The van der Waals surface area contributed by atoms with E-state index in [4.69, 9.17) is 4.74 Å². The monoisotopic (exact) mass is 253 g/mol. The van der Waals surface area contributed by atoms with E-state index in [1.54, 1.807) is 34.6 Å². The fraction of sp³-hybridized carbons (Fsp3) is 0.429. The Kier molecular flexibility index (Phi) is 2.84. The van der Waals surface area contributed by atoms with Crippen LogP contribution in [0.1, 0.15) is 32.0 Å². The molecule has 4 heteroatoms. The van der Waals surface area contributed by atoms with E-state index in [0.29, 0.717) is 5.56 Å². The fourth-order valence-electron chi connectivity index (χ4n) is 1.95. The van der Waals surface area contributed by atoms with Gasteiger partial charge in [0, 0.05) is 17.1 Å².